The smallest absolute Gasteiger partial charge is 0.293 e. The Labute approximate surface area is 131 Å². The number of aromatic amines is 1. The fourth-order valence-corrected chi connectivity index (χ4v) is 3.13. The number of fused-ring (bicyclic) bond motifs is 1. The highest BCUT2D eigenvalue weighted by Gasteiger charge is 2.06. The zero-order valence-electron chi connectivity index (χ0n) is 11.9. The molecule has 3 aromatic rings. The third-order valence-corrected chi connectivity index (χ3v) is 4.45. The number of H-pyrrole nitrogens is 1. The molecule has 6 heteroatoms. The number of hydrogen-bond donors (Lipinski definition) is 1. The molecule has 0 aliphatic rings. The van der Waals surface area contributed by atoms with Crippen LogP contribution >= 0.6 is 11.8 Å². The Hall–Kier alpha value is -2.34. The van der Waals surface area contributed by atoms with Gasteiger partial charge in [0, 0.05) is 23.8 Å². The molecule has 0 unspecified atom stereocenters. The van der Waals surface area contributed by atoms with E-state index in [1.165, 1.54) is 0 Å². The van der Waals surface area contributed by atoms with Gasteiger partial charge in [-0.1, -0.05) is 12.1 Å². The second-order valence-electron chi connectivity index (χ2n) is 4.81. The fourth-order valence-electron chi connectivity index (χ4n) is 2.31. The summed E-state index contributed by atoms with van der Waals surface area (Å²) in [5.74, 6) is 0.893. The molecule has 112 valence electrons. The van der Waals surface area contributed by atoms with Gasteiger partial charge in [0.1, 0.15) is 0 Å². The summed E-state index contributed by atoms with van der Waals surface area (Å²) in [5, 5.41) is 0.545. The number of benzene rings is 1. The normalized spacial score (nSPS) is 10.9. The van der Waals surface area contributed by atoms with Gasteiger partial charge in [-0.2, -0.15) is 0 Å². The van der Waals surface area contributed by atoms with Gasteiger partial charge in [0.25, 0.3) is 5.56 Å². The van der Waals surface area contributed by atoms with E-state index in [0.29, 0.717) is 17.4 Å². The summed E-state index contributed by atoms with van der Waals surface area (Å²) >= 11 is 1.73. The van der Waals surface area contributed by atoms with Crippen molar-refractivity contribution in [2.45, 2.75) is 17.9 Å². The lowest BCUT2D eigenvalue weighted by Gasteiger charge is -2.09. The number of aromatic nitrogens is 3. The molecular weight excluding hydrogens is 298 g/mol. The van der Waals surface area contributed by atoms with Crippen molar-refractivity contribution in [3.8, 4) is 0 Å². The molecule has 22 heavy (non-hydrogen) atoms. The first kappa shape index (κ1) is 14.6. The van der Waals surface area contributed by atoms with E-state index < -0.39 is 0 Å². The Morgan fingerprint density at radius 2 is 1.86 bits per heavy atom. The van der Waals surface area contributed by atoms with Crippen molar-refractivity contribution in [1.29, 1.82) is 0 Å². The molecule has 2 heterocycles. The molecule has 0 radical (unpaired) electrons. The molecule has 0 aliphatic carbocycles. The second kappa shape index (κ2) is 6.62. The van der Waals surface area contributed by atoms with Crippen molar-refractivity contribution in [1.82, 2.24) is 14.5 Å². The van der Waals surface area contributed by atoms with Crippen LogP contribution < -0.4 is 11.2 Å². The average Bonchev–Trinajstić information content (AvgIpc) is 2.55. The highest BCUT2D eigenvalue weighted by molar-refractivity contribution is 7.99. The molecule has 0 aliphatic heterocycles. The third-order valence-electron chi connectivity index (χ3n) is 3.35. The number of para-hydroxylation sites is 1. The zero-order valence-corrected chi connectivity index (χ0v) is 12.7. The Morgan fingerprint density at radius 1 is 1.09 bits per heavy atom. The van der Waals surface area contributed by atoms with Crippen LogP contribution in [0.1, 0.15) is 6.42 Å². The van der Waals surface area contributed by atoms with Crippen molar-refractivity contribution in [3.63, 3.8) is 0 Å². The van der Waals surface area contributed by atoms with Gasteiger partial charge in [0.05, 0.1) is 10.9 Å². The summed E-state index contributed by atoms with van der Waals surface area (Å²) in [6.07, 6.45) is 4.37. The molecule has 2 aromatic heterocycles. The molecule has 1 N–H and O–H groups in total. The van der Waals surface area contributed by atoms with Gasteiger partial charge in [-0.3, -0.25) is 19.3 Å². The topological polar surface area (TPSA) is 67.8 Å². The van der Waals surface area contributed by atoms with Gasteiger partial charge >= 0.3 is 5.69 Å². The molecule has 0 atom stereocenters. The van der Waals surface area contributed by atoms with Crippen LogP contribution in [-0.4, -0.2) is 20.3 Å². The van der Waals surface area contributed by atoms with E-state index in [1.54, 1.807) is 40.9 Å². The van der Waals surface area contributed by atoms with Gasteiger partial charge < -0.3 is 0 Å². The van der Waals surface area contributed by atoms with Crippen LogP contribution in [-0.2, 0) is 6.54 Å². The number of nitrogens with one attached hydrogen (secondary N) is 1. The first-order valence-electron chi connectivity index (χ1n) is 7.00. The van der Waals surface area contributed by atoms with Gasteiger partial charge in [-0.15, -0.1) is 11.8 Å². The largest absolute Gasteiger partial charge is 0.328 e. The quantitative estimate of drug-likeness (QED) is 0.579. The summed E-state index contributed by atoms with van der Waals surface area (Å²) < 4.78 is 1.63. The molecule has 0 saturated heterocycles. The summed E-state index contributed by atoms with van der Waals surface area (Å²) in [4.78, 5) is 31.3. The lowest BCUT2D eigenvalue weighted by molar-refractivity contribution is 0.662. The standard InChI is InChI=1S/C16H15N3O2S/c20-15-13-4-1-2-5-14(13)19(16(21)18-15)10-3-11-22-12-6-8-17-9-7-12/h1-2,4-9H,3,10-11H2,(H,18,20,21). The lowest BCUT2D eigenvalue weighted by atomic mass is 10.2. The van der Waals surface area contributed by atoms with Crippen LogP contribution in [0.25, 0.3) is 10.9 Å². The maximum atomic E-state index is 12.0. The van der Waals surface area contributed by atoms with Crippen LogP contribution in [0.2, 0.25) is 0 Å². The number of rotatable bonds is 5. The predicted octanol–water partition coefficient (Wildman–Crippen LogP) is 2.27. The minimum Gasteiger partial charge on any atom is -0.293 e. The fraction of sp³-hybridized carbons (Fsp3) is 0.188. The highest BCUT2D eigenvalue weighted by Crippen LogP contribution is 2.17. The second-order valence-corrected chi connectivity index (χ2v) is 5.98. The summed E-state index contributed by atoms with van der Waals surface area (Å²) in [6.45, 7) is 0.578. The molecule has 0 fully saturated rings. The minimum absolute atomic E-state index is 0.331. The van der Waals surface area contributed by atoms with Gasteiger partial charge in [-0.25, -0.2) is 4.79 Å². The van der Waals surface area contributed by atoms with Crippen LogP contribution in [0.4, 0.5) is 0 Å². The lowest BCUT2D eigenvalue weighted by Crippen LogP contribution is -2.30. The number of nitrogens with zero attached hydrogens (tertiary/aromatic N) is 2. The number of hydrogen-bond acceptors (Lipinski definition) is 4. The van der Waals surface area contributed by atoms with E-state index >= 15 is 0 Å². The van der Waals surface area contributed by atoms with Crippen LogP contribution in [0, 0.1) is 0 Å². The molecule has 0 spiro atoms. The van der Waals surface area contributed by atoms with Crippen molar-refractivity contribution >= 4 is 22.7 Å². The summed E-state index contributed by atoms with van der Waals surface area (Å²) in [6, 6.07) is 11.1. The van der Waals surface area contributed by atoms with E-state index in [2.05, 4.69) is 9.97 Å². The molecule has 3 rings (SSSR count). The van der Waals surface area contributed by atoms with Crippen LogP contribution in [0.3, 0.4) is 0 Å². The van der Waals surface area contributed by atoms with Crippen molar-refractivity contribution < 1.29 is 0 Å². The van der Waals surface area contributed by atoms with Gasteiger partial charge in [0.15, 0.2) is 0 Å². The summed E-state index contributed by atoms with van der Waals surface area (Å²) in [7, 11) is 0. The number of pyridine rings is 1. The van der Waals surface area contributed by atoms with E-state index in [-0.39, 0.29) is 11.2 Å². The Kier molecular flexibility index (Phi) is 4.39. The molecule has 0 saturated carbocycles. The van der Waals surface area contributed by atoms with Crippen LogP contribution in [0.5, 0.6) is 0 Å². The van der Waals surface area contributed by atoms with Gasteiger partial charge in [0.2, 0.25) is 0 Å². The molecule has 0 bridgehead atoms. The van der Waals surface area contributed by atoms with Crippen molar-refractivity contribution in [2.75, 3.05) is 5.75 Å². The van der Waals surface area contributed by atoms with Gasteiger partial charge in [-0.05, 0) is 36.4 Å². The maximum Gasteiger partial charge on any atom is 0.328 e. The first-order chi connectivity index (χ1) is 10.8. The molecular formula is C16H15N3O2S. The summed E-state index contributed by atoms with van der Waals surface area (Å²) in [5.41, 5.74) is 0.00535. The van der Waals surface area contributed by atoms with E-state index in [1.807, 2.05) is 24.3 Å². The average molecular weight is 313 g/mol. The molecule has 5 nitrogen and oxygen atoms in total. The predicted molar refractivity (Wildman–Crippen MR) is 88.4 cm³/mol. The Morgan fingerprint density at radius 3 is 2.68 bits per heavy atom. The minimum atomic E-state index is -0.349. The van der Waals surface area contributed by atoms with E-state index in [4.69, 9.17) is 0 Å². The maximum absolute atomic E-state index is 12.0. The Balaban J connectivity index is 1.74. The third kappa shape index (κ3) is 3.12. The first-order valence-corrected chi connectivity index (χ1v) is 7.99. The van der Waals surface area contributed by atoms with E-state index in [0.717, 1.165) is 17.1 Å². The number of thioether (sulfide) groups is 1. The molecule has 1 aromatic carbocycles. The Bertz CT molecular complexity index is 887. The highest BCUT2D eigenvalue weighted by atomic mass is 32.2. The number of aryl methyl sites for hydroxylation is 1. The SMILES string of the molecule is O=c1[nH]c(=O)n(CCCSc2ccncc2)c2ccccc12. The molecule has 0 amide bonds. The zero-order chi connectivity index (χ0) is 15.4. The van der Waals surface area contributed by atoms with Crippen molar-refractivity contribution in [2.24, 2.45) is 0 Å². The van der Waals surface area contributed by atoms with E-state index in [9.17, 15) is 9.59 Å². The van der Waals surface area contributed by atoms with Crippen molar-refractivity contribution in [3.05, 3.63) is 69.6 Å². The monoisotopic (exact) mass is 313 g/mol. The van der Waals surface area contributed by atoms with Crippen LogP contribution in [0.15, 0.2) is 63.3 Å².